The SMILES string of the molecule is C=CC(=O)N1CCN(c2nc(=O)n(-c3c(S(=O)(=O)C4CC4)ccnc3C)c3nc(-c4c(N)cccc4F)c(Cl)cc23)[C@@H](C)C1. The Balaban J connectivity index is 1.66. The van der Waals surface area contributed by atoms with E-state index in [1.165, 1.54) is 42.6 Å². The van der Waals surface area contributed by atoms with E-state index < -0.39 is 26.6 Å². The number of carbonyl (C=O) groups excluding carboxylic acids is 1. The van der Waals surface area contributed by atoms with E-state index in [9.17, 15) is 18.0 Å². The summed E-state index contributed by atoms with van der Waals surface area (Å²) in [6.07, 6.45) is 3.66. The number of aromatic nitrogens is 4. The summed E-state index contributed by atoms with van der Waals surface area (Å²) in [5.41, 5.74) is 5.61. The summed E-state index contributed by atoms with van der Waals surface area (Å²) in [5.74, 6) is -0.638. The number of nitrogen functional groups attached to an aromatic ring is 1. The smallest absolute Gasteiger partial charge is 0.355 e. The molecule has 4 aromatic rings. The van der Waals surface area contributed by atoms with Crippen LogP contribution in [0.1, 0.15) is 25.5 Å². The fourth-order valence-corrected chi connectivity index (χ4v) is 7.81. The number of sulfone groups is 1. The lowest BCUT2D eigenvalue weighted by Crippen LogP contribution is -2.54. The highest BCUT2D eigenvalue weighted by Gasteiger charge is 2.40. The summed E-state index contributed by atoms with van der Waals surface area (Å²) in [6.45, 7) is 8.06. The van der Waals surface area contributed by atoms with Crippen molar-refractivity contribution < 1.29 is 17.6 Å². The lowest BCUT2D eigenvalue weighted by atomic mass is 10.1. The van der Waals surface area contributed by atoms with Crippen molar-refractivity contribution in [3.63, 3.8) is 0 Å². The molecule has 2 N–H and O–H groups in total. The minimum absolute atomic E-state index is 0.00203. The molecule has 1 amide bonds. The molecule has 0 radical (unpaired) electrons. The number of benzene rings is 1. The number of nitrogens with zero attached hydrogens (tertiary/aromatic N) is 6. The molecule has 0 spiro atoms. The molecular formula is C30H29ClFN7O4S. The summed E-state index contributed by atoms with van der Waals surface area (Å²) in [4.78, 5) is 43.2. The van der Waals surface area contributed by atoms with Crippen LogP contribution in [0.4, 0.5) is 15.9 Å². The van der Waals surface area contributed by atoms with Crippen molar-refractivity contribution in [3.8, 4) is 16.9 Å². The van der Waals surface area contributed by atoms with Gasteiger partial charge in [-0.3, -0.25) is 9.78 Å². The molecule has 44 heavy (non-hydrogen) atoms. The third-order valence-electron chi connectivity index (χ3n) is 8.03. The van der Waals surface area contributed by atoms with Gasteiger partial charge < -0.3 is 15.5 Å². The summed E-state index contributed by atoms with van der Waals surface area (Å²) < 4.78 is 43.4. The molecule has 11 nitrogen and oxygen atoms in total. The second-order valence-electron chi connectivity index (χ2n) is 11.0. The molecule has 228 valence electrons. The van der Waals surface area contributed by atoms with E-state index in [0.717, 1.165) is 4.57 Å². The number of piperazine rings is 1. The molecule has 0 unspecified atom stereocenters. The third kappa shape index (κ3) is 4.89. The highest BCUT2D eigenvalue weighted by molar-refractivity contribution is 7.92. The Morgan fingerprint density at radius 2 is 1.95 bits per heavy atom. The first-order chi connectivity index (χ1) is 20.9. The van der Waals surface area contributed by atoms with Gasteiger partial charge in [-0.25, -0.2) is 27.2 Å². The zero-order chi connectivity index (χ0) is 31.5. The van der Waals surface area contributed by atoms with Gasteiger partial charge in [-0.2, -0.15) is 4.98 Å². The minimum Gasteiger partial charge on any atom is -0.398 e. The summed E-state index contributed by atoms with van der Waals surface area (Å²) in [6, 6.07) is 6.79. The van der Waals surface area contributed by atoms with E-state index >= 15 is 4.39 Å². The average molecular weight is 638 g/mol. The first kappa shape index (κ1) is 29.7. The second kappa shape index (κ2) is 11.0. The van der Waals surface area contributed by atoms with Crippen molar-refractivity contribution in [2.75, 3.05) is 30.3 Å². The first-order valence-corrected chi connectivity index (χ1v) is 15.9. The number of amides is 1. The molecule has 4 heterocycles. The van der Waals surface area contributed by atoms with E-state index in [-0.39, 0.29) is 61.7 Å². The maximum Gasteiger partial charge on any atom is 0.355 e. The van der Waals surface area contributed by atoms with Crippen LogP contribution in [0.15, 0.2) is 58.9 Å². The second-order valence-corrected chi connectivity index (χ2v) is 13.6. The third-order valence-corrected chi connectivity index (χ3v) is 10.6. The molecule has 2 aliphatic rings. The maximum absolute atomic E-state index is 15.2. The van der Waals surface area contributed by atoms with E-state index in [1.807, 2.05) is 11.8 Å². The molecule has 6 rings (SSSR count). The molecule has 0 bridgehead atoms. The summed E-state index contributed by atoms with van der Waals surface area (Å²) >= 11 is 6.75. The van der Waals surface area contributed by atoms with Crippen LogP contribution >= 0.6 is 11.6 Å². The molecule has 14 heteroatoms. The number of nitrogens with two attached hydrogens (primary N) is 1. The Morgan fingerprint density at radius 1 is 1.20 bits per heavy atom. The molecule has 1 aliphatic heterocycles. The van der Waals surface area contributed by atoms with E-state index in [4.69, 9.17) is 22.3 Å². The number of hydrogen-bond acceptors (Lipinski definition) is 9. The Morgan fingerprint density at radius 3 is 2.61 bits per heavy atom. The van der Waals surface area contributed by atoms with Crippen molar-refractivity contribution in [2.45, 2.75) is 42.9 Å². The normalized spacial score (nSPS) is 17.2. The average Bonchev–Trinajstić information content (AvgIpc) is 3.84. The molecule has 1 aliphatic carbocycles. The minimum atomic E-state index is -3.81. The van der Waals surface area contributed by atoms with Crippen molar-refractivity contribution in [3.05, 3.63) is 76.2 Å². The van der Waals surface area contributed by atoms with Crippen LogP contribution in [-0.2, 0) is 14.6 Å². The number of aryl methyl sites for hydroxylation is 1. The van der Waals surface area contributed by atoms with Crippen molar-refractivity contribution in [1.29, 1.82) is 0 Å². The molecule has 1 saturated heterocycles. The van der Waals surface area contributed by atoms with Gasteiger partial charge in [-0.1, -0.05) is 24.2 Å². The van der Waals surface area contributed by atoms with Gasteiger partial charge in [0.25, 0.3) is 0 Å². The van der Waals surface area contributed by atoms with Crippen LogP contribution in [0.2, 0.25) is 5.02 Å². The predicted octanol–water partition coefficient (Wildman–Crippen LogP) is 3.69. The highest BCUT2D eigenvalue weighted by Crippen LogP contribution is 2.40. The highest BCUT2D eigenvalue weighted by atomic mass is 35.5. The van der Waals surface area contributed by atoms with Crippen LogP contribution in [0, 0.1) is 12.7 Å². The van der Waals surface area contributed by atoms with Gasteiger partial charge >= 0.3 is 5.69 Å². The lowest BCUT2D eigenvalue weighted by Gasteiger charge is -2.40. The number of carbonyl (C=O) groups is 1. The standard InChI is InChI=1S/C30H29ClFN7O4S/c1-4-24(40)37-12-13-38(16(2)15-37)28-19-14-20(31)26(25-21(32)6-5-7-22(25)33)35-29(19)39(30(41)36-28)27-17(3)34-11-10-23(27)44(42,43)18-8-9-18/h4-7,10-11,14,16,18H,1,8-9,12-13,15,33H2,2-3H3/t16-/m0/s1. The molecular weight excluding hydrogens is 609 g/mol. The summed E-state index contributed by atoms with van der Waals surface area (Å²) in [7, 11) is -3.81. The molecule has 1 saturated carbocycles. The lowest BCUT2D eigenvalue weighted by molar-refractivity contribution is -0.126. The Labute approximate surface area is 257 Å². The largest absolute Gasteiger partial charge is 0.398 e. The van der Waals surface area contributed by atoms with Gasteiger partial charge in [0.15, 0.2) is 15.5 Å². The number of halogens is 2. The Bertz CT molecular complexity index is 2010. The fraction of sp³-hybridized carbons (Fsp3) is 0.300. The van der Waals surface area contributed by atoms with Crippen LogP contribution < -0.4 is 16.3 Å². The number of hydrogen-bond donors (Lipinski definition) is 1. The van der Waals surface area contributed by atoms with E-state index in [1.54, 1.807) is 11.8 Å². The van der Waals surface area contributed by atoms with Gasteiger partial charge in [-0.05, 0) is 57.0 Å². The zero-order valence-electron chi connectivity index (χ0n) is 24.0. The maximum atomic E-state index is 15.2. The molecule has 2 fully saturated rings. The van der Waals surface area contributed by atoms with Gasteiger partial charge in [0.05, 0.1) is 43.2 Å². The van der Waals surface area contributed by atoms with Crippen molar-refractivity contribution in [2.24, 2.45) is 0 Å². The van der Waals surface area contributed by atoms with Crippen LogP contribution in [0.25, 0.3) is 28.0 Å². The number of fused-ring (bicyclic) bond motifs is 1. The fourth-order valence-electron chi connectivity index (χ4n) is 5.69. The number of rotatable bonds is 6. The number of anilines is 2. The quantitative estimate of drug-likeness (QED) is 0.247. The first-order valence-electron chi connectivity index (χ1n) is 14.0. The van der Waals surface area contributed by atoms with E-state index in [2.05, 4.69) is 16.5 Å². The van der Waals surface area contributed by atoms with E-state index in [0.29, 0.717) is 37.9 Å². The monoisotopic (exact) mass is 637 g/mol. The Hall–Kier alpha value is -4.36. The van der Waals surface area contributed by atoms with Gasteiger partial charge in [0.2, 0.25) is 5.91 Å². The van der Waals surface area contributed by atoms with Crippen molar-refractivity contribution >= 4 is 49.9 Å². The van der Waals surface area contributed by atoms with Crippen molar-refractivity contribution in [1.82, 2.24) is 24.4 Å². The number of pyridine rings is 2. The van der Waals surface area contributed by atoms with Gasteiger partial charge in [0.1, 0.15) is 11.6 Å². The molecule has 1 aromatic carbocycles. The zero-order valence-corrected chi connectivity index (χ0v) is 25.6. The molecule has 1 atom stereocenters. The summed E-state index contributed by atoms with van der Waals surface area (Å²) in [5, 5.41) is -0.199. The Kier molecular flexibility index (Phi) is 7.41. The molecule has 3 aromatic heterocycles. The van der Waals surface area contributed by atoms with Crippen LogP contribution in [-0.4, -0.2) is 69.7 Å². The van der Waals surface area contributed by atoms with Crippen LogP contribution in [0.3, 0.4) is 0 Å². The topological polar surface area (TPSA) is 144 Å². The van der Waals surface area contributed by atoms with Gasteiger partial charge in [-0.15, -0.1) is 0 Å². The van der Waals surface area contributed by atoms with Gasteiger partial charge in [0, 0.05) is 37.6 Å². The van der Waals surface area contributed by atoms with Crippen LogP contribution in [0.5, 0.6) is 0 Å². The predicted molar refractivity (Wildman–Crippen MR) is 166 cm³/mol.